The van der Waals surface area contributed by atoms with Crippen LogP contribution in [-0.2, 0) is 5.41 Å². The third-order valence-electron chi connectivity index (χ3n) is 5.95. The highest BCUT2D eigenvalue weighted by molar-refractivity contribution is 5.61. The molecule has 0 amide bonds. The lowest BCUT2D eigenvalue weighted by molar-refractivity contribution is 0.190. The van der Waals surface area contributed by atoms with Gasteiger partial charge in [0.1, 0.15) is 13.2 Å². The number of halogens is 4. The van der Waals surface area contributed by atoms with E-state index < -0.39 is 53.4 Å². The summed E-state index contributed by atoms with van der Waals surface area (Å²) < 4.78 is 71.0. The average Bonchev–Trinajstić information content (AvgIpc) is 2.90. The first-order valence-electron chi connectivity index (χ1n) is 11.5. The highest BCUT2D eigenvalue weighted by Crippen LogP contribution is 2.47. The number of aliphatic hydroxyl groups is 2. The van der Waals surface area contributed by atoms with Gasteiger partial charge in [-0.25, -0.2) is 17.6 Å². The molecule has 4 nitrogen and oxygen atoms in total. The lowest BCUT2D eigenvalue weighted by Gasteiger charge is -2.37. The van der Waals surface area contributed by atoms with Crippen molar-refractivity contribution in [3.05, 3.63) is 130 Å². The molecule has 4 aromatic carbocycles. The van der Waals surface area contributed by atoms with Gasteiger partial charge in [-0.05, 0) is 46.5 Å². The molecule has 0 aliphatic heterocycles. The van der Waals surface area contributed by atoms with E-state index in [0.29, 0.717) is 11.1 Å². The van der Waals surface area contributed by atoms with Gasteiger partial charge < -0.3 is 19.7 Å². The summed E-state index contributed by atoms with van der Waals surface area (Å²) in [6, 6.07) is 21.4. The van der Waals surface area contributed by atoms with Crippen LogP contribution in [0.3, 0.4) is 0 Å². The molecule has 0 aliphatic rings. The second-order valence-electron chi connectivity index (χ2n) is 8.16. The lowest BCUT2D eigenvalue weighted by Crippen LogP contribution is -2.32. The molecule has 0 saturated carbocycles. The van der Waals surface area contributed by atoms with Gasteiger partial charge in [0, 0.05) is 0 Å². The number of hydrogen-bond donors (Lipinski definition) is 2. The molecule has 2 N–H and O–H groups in total. The standard InChI is InChI=1S/C29H24F4O4/c30-23-15-21(16-24(31)27(23)36-13-11-34)29(19-7-3-1-4-8-19,20-9-5-2-6-10-20)22-17-25(32)28(26(33)18-22)37-14-12-35/h1-10,15-18,34-35H,11-14H2. The van der Waals surface area contributed by atoms with Crippen molar-refractivity contribution in [1.29, 1.82) is 0 Å². The van der Waals surface area contributed by atoms with Crippen molar-refractivity contribution in [2.45, 2.75) is 5.41 Å². The van der Waals surface area contributed by atoms with Gasteiger partial charge in [-0.15, -0.1) is 0 Å². The highest BCUT2D eigenvalue weighted by Gasteiger charge is 2.41. The Morgan fingerprint density at radius 1 is 0.514 bits per heavy atom. The number of benzene rings is 4. The Hall–Kier alpha value is -3.88. The summed E-state index contributed by atoms with van der Waals surface area (Å²) in [5, 5.41) is 18.0. The summed E-state index contributed by atoms with van der Waals surface area (Å²) in [5.74, 6) is -5.49. The highest BCUT2D eigenvalue weighted by atomic mass is 19.1. The summed E-state index contributed by atoms with van der Waals surface area (Å²) in [6.07, 6.45) is 0. The Morgan fingerprint density at radius 3 is 1.14 bits per heavy atom. The maximum absolute atomic E-state index is 15.2. The molecule has 192 valence electrons. The third kappa shape index (κ3) is 5.03. The van der Waals surface area contributed by atoms with E-state index in [2.05, 4.69) is 0 Å². The van der Waals surface area contributed by atoms with Gasteiger partial charge in [0.25, 0.3) is 0 Å². The van der Waals surface area contributed by atoms with Crippen LogP contribution < -0.4 is 9.47 Å². The number of aliphatic hydroxyl groups excluding tert-OH is 2. The first-order valence-corrected chi connectivity index (χ1v) is 11.5. The van der Waals surface area contributed by atoms with E-state index in [1.807, 2.05) is 0 Å². The predicted octanol–water partition coefficient (Wildman–Crippen LogP) is 5.37. The van der Waals surface area contributed by atoms with Crippen LogP contribution in [0.1, 0.15) is 22.3 Å². The fourth-order valence-corrected chi connectivity index (χ4v) is 4.50. The van der Waals surface area contributed by atoms with Gasteiger partial charge in [0.2, 0.25) is 0 Å². The third-order valence-corrected chi connectivity index (χ3v) is 5.95. The Balaban J connectivity index is 2.08. The van der Waals surface area contributed by atoms with Gasteiger partial charge in [0.15, 0.2) is 34.8 Å². The minimum atomic E-state index is -1.56. The quantitative estimate of drug-likeness (QED) is 0.222. The number of rotatable bonds is 10. The zero-order valence-electron chi connectivity index (χ0n) is 19.6. The van der Waals surface area contributed by atoms with Crippen LogP contribution in [0.2, 0.25) is 0 Å². The van der Waals surface area contributed by atoms with E-state index in [-0.39, 0.29) is 24.3 Å². The van der Waals surface area contributed by atoms with Crippen molar-refractivity contribution in [1.82, 2.24) is 0 Å². The van der Waals surface area contributed by atoms with Crippen LogP contribution in [0.15, 0.2) is 84.9 Å². The molecule has 0 unspecified atom stereocenters. The van der Waals surface area contributed by atoms with Crippen molar-refractivity contribution >= 4 is 0 Å². The Bertz CT molecular complexity index is 1200. The molecular formula is C29H24F4O4. The SMILES string of the molecule is OCCOc1c(F)cc(C(c2ccccc2)(c2ccccc2)c2cc(F)c(OCCO)c(F)c2)cc1F. The van der Waals surface area contributed by atoms with Gasteiger partial charge in [0.05, 0.1) is 18.6 Å². The molecule has 0 aliphatic carbocycles. The van der Waals surface area contributed by atoms with Gasteiger partial charge in [-0.1, -0.05) is 60.7 Å². The largest absolute Gasteiger partial charge is 0.485 e. The zero-order chi connectivity index (χ0) is 26.4. The van der Waals surface area contributed by atoms with Crippen LogP contribution in [0.5, 0.6) is 11.5 Å². The Labute approximate surface area is 211 Å². The van der Waals surface area contributed by atoms with E-state index >= 15 is 17.6 Å². The molecular weight excluding hydrogens is 488 g/mol. The van der Waals surface area contributed by atoms with Crippen LogP contribution in [0, 0.1) is 23.3 Å². The molecule has 4 aromatic rings. The van der Waals surface area contributed by atoms with Crippen LogP contribution >= 0.6 is 0 Å². The fraction of sp³-hybridized carbons (Fsp3) is 0.172. The fourth-order valence-electron chi connectivity index (χ4n) is 4.50. The molecule has 0 bridgehead atoms. The number of ether oxygens (including phenoxy) is 2. The second kappa shape index (κ2) is 11.5. The molecule has 0 saturated heterocycles. The molecule has 4 rings (SSSR count). The van der Waals surface area contributed by atoms with E-state index in [4.69, 9.17) is 19.7 Å². The molecule has 0 fully saturated rings. The van der Waals surface area contributed by atoms with Crippen molar-refractivity contribution in [3.8, 4) is 11.5 Å². The molecule has 0 heterocycles. The van der Waals surface area contributed by atoms with E-state index in [0.717, 1.165) is 24.3 Å². The monoisotopic (exact) mass is 512 g/mol. The number of hydrogen-bond acceptors (Lipinski definition) is 4. The van der Waals surface area contributed by atoms with E-state index in [1.54, 1.807) is 60.7 Å². The van der Waals surface area contributed by atoms with E-state index in [1.165, 1.54) is 0 Å². The van der Waals surface area contributed by atoms with Crippen molar-refractivity contribution in [3.63, 3.8) is 0 Å². The minimum absolute atomic E-state index is 0.0547. The van der Waals surface area contributed by atoms with Crippen molar-refractivity contribution < 1.29 is 37.2 Å². The Morgan fingerprint density at radius 2 is 0.838 bits per heavy atom. The lowest BCUT2D eigenvalue weighted by atomic mass is 9.65. The maximum Gasteiger partial charge on any atom is 0.190 e. The molecule has 8 heteroatoms. The normalized spacial score (nSPS) is 11.4. The minimum Gasteiger partial charge on any atom is -0.485 e. The van der Waals surface area contributed by atoms with Gasteiger partial charge >= 0.3 is 0 Å². The predicted molar refractivity (Wildman–Crippen MR) is 130 cm³/mol. The molecule has 0 spiro atoms. The summed E-state index contributed by atoms with van der Waals surface area (Å²) in [7, 11) is 0. The summed E-state index contributed by atoms with van der Waals surface area (Å²) in [4.78, 5) is 0. The van der Waals surface area contributed by atoms with Crippen LogP contribution in [-0.4, -0.2) is 36.6 Å². The average molecular weight is 512 g/mol. The van der Waals surface area contributed by atoms with Gasteiger partial charge in [-0.2, -0.15) is 0 Å². The van der Waals surface area contributed by atoms with Crippen molar-refractivity contribution in [2.24, 2.45) is 0 Å². The van der Waals surface area contributed by atoms with Gasteiger partial charge in [-0.3, -0.25) is 0 Å². The first-order chi connectivity index (χ1) is 17.9. The summed E-state index contributed by atoms with van der Waals surface area (Å²) >= 11 is 0. The molecule has 0 atom stereocenters. The molecule has 37 heavy (non-hydrogen) atoms. The second-order valence-corrected chi connectivity index (χ2v) is 8.16. The van der Waals surface area contributed by atoms with Crippen molar-refractivity contribution in [2.75, 3.05) is 26.4 Å². The van der Waals surface area contributed by atoms with E-state index in [9.17, 15) is 0 Å². The first kappa shape index (κ1) is 26.2. The zero-order valence-corrected chi connectivity index (χ0v) is 19.6. The summed E-state index contributed by atoms with van der Waals surface area (Å²) in [6.45, 7) is -1.52. The van der Waals surface area contributed by atoms with Crippen LogP contribution in [0.25, 0.3) is 0 Å². The van der Waals surface area contributed by atoms with Crippen LogP contribution in [0.4, 0.5) is 17.6 Å². The molecule has 0 aromatic heterocycles. The molecule has 0 radical (unpaired) electrons. The maximum atomic E-state index is 15.2. The Kier molecular flexibility index (Phi) is 8.11. The smallest absolute Gasteiger partial charge is 0.190 e. The topological polar surface area (TPSA) is 58.9 Å². The summed E-state index contributed by atoms with van der Waals surface area (Å²) in [5.41, 5.74) is -0.464.